The van der Waals surface area contributed by atoms with Crippen molar-refractivity contribution < 1.29 is 27.8 Å². The molecule has 4 aromatic rings. The van der Waals surface area contributed by atoms with Gasteiger partial charge in [-0.3, -0.25) is 4.79 Å². The number of allylic oxidation sites excluding steroid dienone is 1. The number of rotatable bonds is 9. The number of fused-ring (bicyclic) bond motifs is 1. The fourth-order valence-corrected chi connectivity index (χ4v) is 3.50. The van der Waals surface area contributed by atoms with Crippen molar-refractivity contribution in [2.24, 2.45) is 0 Å². The van der Waals surface area contributed by atoms with Crippen LogP contribution in [0.25, 0.3) is 16.8 Å². The molecule has 0 atom stereocenters. The molecule has 172 valence electrons. The van der Waals surface area contributed by atoms with Crippen LogP contribution in [0, 0.1) is 0 Å². The highest BCUT2D eigenvalue weighted by atomic mass is 19.3. The van der Waals surface area contributed by atoms with E-state index in [-0.39, 0.29) is 11.5 Å². The maximum Gasteiger partial charge on any atom is 0.387 e. The molecule has 0 heterocycles. The molecule has 0 fully saturated rings. The summed E-state index contributed by atoms with van der Waals surface area (Å²) in [7, 11) is 1.59. The number of hydrogen-bond donors (Lipinski definition) is 0. The third kappa shape index (κ3) is 5.78. The Bertz CT molecular complexity index is 1310. The van der Waals surface area contributed by atoms with Crippen LogP contribution in [-0.2, 0) is 6.61 Å². The molecule has 0 aliphatic heterocycles. The molecule has 0 unspecified atom stereocenters. The van der Waals surface area contributed by atoms with Crippen molar-refractivity contribution >= 4 is 22.6 Å². The lowest BCUT2D eigenvalue weighted by atomic mass is 10.1. The van der Waals surface area contributed by atoms with Crippen molar-refractivity contribution in [1.29, 1.82) is 0 Å². The summed E-state index contributed by atoms with van der Waals surface area (Å²) in [5.41, 5.74) is 1.99. The second-order valence-electron chi connectivity index (χ2n) is 7.47. The van der Waals surface area contributed by atoms with Crippen LogP contribution >= 0.6 is 0 Å². The Morgan fingerprint density at radius 3 is 2.35 bits per heavy atom. The van der Waals surface area contributed by atoms with Crippen LogP contribution in [-0.4, -0.2) is 19.5 Å². The Hall–Kier alpha value is -4.19. The second-order valence-corrected chi connectivity index (χ2v) is 7.47. The van der Waals surface area contributed by atoms with Crippen molar-refractivity contribution in [3.63, 3.8) is 0 Å². The molecule has 0 spiro atoms. The Balaban J connectivity index is 1.45. The molecule has 0 radical (unpaired) electrons. The van der Waals surface area contributed by atoms with Gasteiger partial charge >= 0.3 is 6.61 Å². The second kappa shape index (κ2) is 10.6. The Kier molecular flexibility index (Phi) is 7.18. The van der Waals surface area contributed by atoms with Crippen molar-refractivity contribution in [1.82, 2.24) is 0 Å². The van der Waals surface area contributed by atoms with Gasteiger partial charge < -0.3 is 14.2 Å². The number of hydrogen-bond acceptors (Lipinski definition) is 4. The van der Waals surface area contributed by atoms with E-state index in [1.165, 1.54) is 30.3 Å². The van der Waals surface area contributed by atoms with Gasteiger partial charge in [-0.1, -0.05) is 42.5 Å². The zero-order valence-electron chi connectivity index (χ0n) is 18.4. The van der Waals surface area contributed by atoms with Crippen LogP contribution in [0.15, 0.2) is 91.0 Å². The van der Waals surface area contributed by atoms with Crippen LogP contribution in [0.3, 0.4) is 0 Å². The third-order valence-electron chi connectivity index (χ3n) is 5.21. The lowest BCUT2D eigenvalue weighted by molar-refractivity contribution is -0.0498. The fraction of sp³-hybridized carbons (Fsp3) is 0.107. The first-order valence-corrected chi connectivity index (χ1v) is 10.6. The summed E-state index contributed by atoms with van der Waals surface area (Å²) in [5.74, 6) is 1.17. The molecule has 4 rings (SSSR count). The van der Waals surface area contributed by atoms with Crippen molar-refractivity contribution in [2.45, 2.75) is 13.2 Å². The molecular weight excluding hydrogens is 438 g/mol. The van der Waals surface area contributed by atoms with Crippen molar-refractivity contribution in [2.75, 3.05) is 7.11 Å². The SMILES string of the molecule is COc1ccc(/C=C/C(=O)c2ccc(OC(F)F)cc2)cc1COc1ccc2ccccc2c1. The molecule has 0 N–H and O–H groups in total. The zero-order valence-corrected chi connectivity index (χ0v) is 18.4. The van der Waals surface area contributed by atoms with Gasteiger partial charge in [0.05, 0.1) is 7.11 Å². The monoisotopic (exact) mass is 460 g/mol. The van der Waals surface area contributed by atoms with Crippen LogP contribution in [0.2, 0.25) is 0 Å². The van der Waals surface area contributed by atoms with E-state index in [0.717, 1.165) is 27.6 Å². The van der Waals surface area contributed by atoms with Crippen LogP contribution in [0.1, 0.15) is 21.5 Å². The first-order chi connectivity index (χ1) is 16.5. The van der Waals surface area contributed by atoms with Gasteiger partial charge in [0.15, 0.2) is 5.78 Å². The minimum Gasteiger partial charge on any atom is -0.496 e. The molecule has 0 bridgehead atoms. The molecule has 0 saturated heterocycles. The van der Waals surface area contributed by atoms with Crippen molar-refractivity contribution in [3.05, 3.63) is 108 Å². The average molecular weight is 460 g/mol. The van der Waals surface area contributed by atoms with Crippen molar-refractivity contribution in [3.8, 4) is 17.2 Å². The number of carbonyl (C=O) groups excluding carboxylic acids is 1. The summed E-state index contributed by atoms with van der Waals surface area (Å²) in [6, 6.07) is 25.1. The largest absolute Gasteiger partial charge is 0.496 e. The van der Waals surface area contributed by atoms with E-state index in [1.807, 2.05) is 60.7 Å². The fourth-order valence-electron chi connectivity index (χ4n) is 3.50. The third-order valence-corrected chi connectivity index (χ3v) is 5.21. The number of benzene rings is 4. The number of carbonyl (C=O) groups is 1. The molecule has 0 aliphatic carbocycles. The molecule has 4 aromatic carbocycles. The smallest absolute Gasteiger partial charge is 0.387 e. The molecule has 0 amide bonds. The molecule has 0 saturated carbocycles. The molecule has 0 aliphatic rings. The quantitative estimate of drug-likeness (QED) is 0.201. The number of ether oxygens (including phenoxy) is 3. The van der Waals surface area contributed by atoms with Gasteiger partial charge in [0, 0.05) is 11.1 Å². The van der Waals surface area contributed by atoms with Crippen LogP contribution in [0.5, 0.6) is 17.2 Å². The van der Waals surface area contributed by atoms with Crippen LogP contribution < -0.4 is 14.2 Å². The Morgan fingerprint density at radius 2 is 1.62 bits per heavy atom. The first-order valence-electron chi connectivity index (χ1n) is 10.6. The lowest BCUT2D eigenvalue weighted by Gasteiger charge is -2.12. The minimum atomic E-state index is -2.91. The van der Waals surface area contributed by atoms with Gasteiger partial charge in [-0.15, -0.1) is 0 Å². The summed E-state index contributed by atoms with van der Waals surface area (Å²) in [4.78, 5) is 12.5. The Morgan fingerprint density at radius 1 is 0.882 bits per heavy atom. The van der Waals surface area contributed by atoms with Gasteiger partial charge in [-0.25, -0.2) is 0 Å². The van der Waals surface area contributed by atoms with E-state index in [0.29, 0.717) is 17.9 Å². The topological polar surface area (TPSA) is 44.8 Å². The van der Waals surface area contributed by atoms with E-state index >= 15 is 0 Å². The molecular formula is C28H22F2O4. The molecule has 4 nitrogen and oxygen atoms in total. The van der Waals surface area contributed by atoms with Crippen LogP contribution in [0.4, 0.5) is 8.78 Å². The number of ketones is 1. The highest BCUT2D eigenvalue weighted by molar-refractivity contribution is 6.06. The lowest BCUT2D eigenvalue weighted by Crippen LogP contribution is -2.02. The highest BCUT2D eigenvalue weighted by Crippen LogP contribution is 2.25. The first kappa shape index (κ1) is 23.0. The molecule has 6 heteroatoms. The highest BCUT2D eigenvalue weighted by Gasteiger charge is 2.08. The maximum absolute atomic E-state index is 12.5. The predicted molar refractivity (Wildman–Crippen MR) is 128 cm³/mol. The van der Waals surface area contributed by atoms with Gasteiger partial charge in [-0.2, -0.15) is 8.78 Å². The normalized spacial score (nSPS) is 11.2. The number of methoxy groups -OCH3 is 1. The zero-order chi connectivity index (χ0) is 23.9. The van der Waals surface area contributed by atoms with Gasteiger partial charge in [0.1, 0.15) is 23.9 Å². The molecule has 0 aromatic heterocycles. The van der Waals surface area contributed by atoms with E-state index in [2.05, 4.69) is 4.74 Å². The van der Waals surface area contributed by atoms with Gasteiger partial charge in [-0.05, 0) is 70.9 Å². The summed E-state index contributed by atoms with van der Waals surface area (Å²) in [6.45, 7) is -2.61. The van der Waals surface area contributed by atoms with E-state index in [4.69, 9.17) is 9.47 Å². The van der Waals surface area contributed by atoms with Gasteiger partial charge in [0.25, 0.3) is 0 Å². The minimum absolute atomic E-state index is 0.00161. The summed E-state index contributed by atoms with van der Waals surface area (Å²) < 4.78 is 40.3. The summed E-state index contributed by atoms with van der Waals surface area (Å²) in [5, 5.41) is 2.23. The number of halogens is 2. The van der Waals surface area contributed by atoms with Gasteiger partial charge in [0.2, 0.25) is 0 Å². The standard InChI is InChI=1S/C28H22F2O4/c1-32-27-15-7-19(6-14-26(31)21-9-11-24(12-10-21)34-28(29)30)16-23(27)18-33-25-13-8-20-4-2-3-5-22(20)17-25/h2-17,28H,18H2,1H3/b14-6+. The number of alkyl halides is 2. The Labute approximate surface area is 196 Å². The summed E-state index contributed by atoms with van der Waals surface area (Å²) >= 11 is 0. The van der Waals surface area contributed by atoms with E-state index in [1.54, 1.807) is 13.2 Å². The maximum atomic E-state index is 12.5. The van der Waals surface area contributed by atoms with E-state index < -0.39 is 6.61 Å². The molecule has 34 heavy (non-hydrogen) atoms. The predicted octanol–water partition coefficient (Wildman–Crippen LogP) is 6.92. The average Bonchev–Trinajstić information content (AvgIpc) is 2.86. The summed E-state index contributed by atoms with van der Waals surface area (Å²) in [6.07, 6.45) is 3.11. The van der Waals surface area contributed by atoms with E-state index in [9.17, 15) is 13.6 Å².